The highest BCUT2D eigenvalue weighted by Crippen LogP contribution is 2.15. The van der Waals surface area contributed by atoms with E-state index in [1.165, 1.54) is 0 Å². The number of carbonyl (C=O) groups is 2. The summed E-state index contributed by atoms with van der Waals surface area (Å²) in [5, 5.41) is 3.90. The van der Waals surface area contributed by atoms with Crippen LogP contribution in [0.3, 0.4) is 0 Å². The highest BCUT2D eigenvalue weighted by Gasteiger charge is 2.17. The van der Waals surface area contributed by atoms with E-state index in [2.05, 4.69) is 10.5 Å². The van der Waals surface area contributed by atoms with Gasteiger partial charge in [-0.05, 0) is 39.3 Å². The van der Waals surface area contributed by atoms with Crippen molar-refractivity contribution in [1.29, 1.82) is 0 Å². The predicted molar refractivity (Wildman–Crippen MR) is 83.7 cm³/mol. The number of ether oxygens (including phenoxy) is 2. The molecule has 0 unspecified atom stereocenters. The van der Waals surface area contributed by atoms with E-state index in [0.717, 1.165) is 5.56 Å². The molecule has 1 aromatic carbocycles. The molecule has 1 amide bonds. The zero-order chi connectivity index (χ0) is 16.5. The summed E-state index contributed by atoms with van der Waals surface area (Å²) in [5.41, 5.74) is 3.79. The van der Waals surface area contributed by atoms with Crippen molar-refractivity contribution in [2.75, 3.05) is 13.2 Å². The number of aryl methyl sites for hydroxylation is 1. The molecule has 6 nitrogen and oxygen atoms in total. The van der Waals surface area contributed by atoms with Crippen LogP contribution in [0.25, 0.3) is 0 Å². The van der Waals surface area contributed by atoms with Gasteiger partial charge < -0.3 is 9.47 Å². The third-order valence-electron chi connectivity index (χ3n) is 3.08. The van der Waals surface area contributed by atoms with Gasteiger partial charge in [0.05, 0.1) is 12.5 Å². The molecule has 1 rings (SSSR count). The molecule has 0 radical (unpaired) electrons. The van der Waals surface area contributed by atoms with Crippen LogP contribution in [0.15, 0.2) is 29.4 Å². The number of nitrogens with one attached hydrogen (secondary N) is 1. The maximum Gasteiger partial charge on any atom is 0.314 e. The maximum absolute atomic E-state index is 11.7. The van der Waals surface area contributed by atoms with Crippen LogP contribution in [0.1, 0.15) is 26.3 Å². The molecule has 0 aliphatic rings. The van der Waals surface area contributed by atoms with E-state index < -0.39 is 11.8 Å². The van der Waals surface area contributed by atoms with Crippen molar-refractivity contribution in [3.8, 4) is 5.75 Å². The SMILES string of the molecule is CCOC(=O)[C@@H](C)/C(C)=N/NC(=O)COc1ccccc1C. The molecule has 22 heavy (non-hydrogen) atoms. The van der Waals surface area contributed by atoms with Crippen molar-refractivity contribution < 1.29 is 19.1 Å². The van der Waals surface area contributed by atoms with E-state index in [1.54, 1.807) is 26.8 Å². The fourth-order valence-electron chi connectivity index (χ4n) is 1.58. The third-order valence-corrected chi connectivity index (χ3v) is 3.08. The molecule has 1 aromatic rings. The lowest BCUT2D eigenvalue weighted by molar-refractivity contribution is -0.145. The van der Waals surface area contributed by atoms with Gasteiger partial charge in [0.1, 0.15) is 5.75 Å². The highest BCUT2D eigenvalue weighted by atomic mass is 16.5. The fraction of sp³-hybridized carbons (Fsp3) is 0.438. The Labute approximate surface area is 130 Å². The monoisotopic (exact) mass is 306 g/mol. The number of benzene rings is 1. The van der Waals surface area contributed by atoms with Crippen molar-refractivity contribution in [3.63, 3.8) is 0 Å². The average molecular weight is 306 g/mol. The molecule has 1 atom stereocenters. The zero-order valence-corrected chi connectivity index (χ0v) is 13.4. The van der Waals surface area contributed by atoms with Gasteiger partial charge in [0.25, 0.3) is 5.91 Å². The second kappa shape index (κ2) is 8.81. The van der Waals surface area contributed by atoms with E-state index in [-0.39, 0.29) is 12.6 Å². The second-order valence-electron chi connectivity index (χ2n) is 4.82. The molecule has 0 aliphatic carbocycles. The van der Waals surface area contributed by atoms with Crippen LogP contribution in [0, 0.1) is 12.8 Å². The van der Waals surface area contributed by atoms with Crippen LogP contribution in [0.4, 0.5) is 0 Å². The minimum atomic E-state index is -0.502. The Bertz CT molecular complexity index is 555. The molecule has 0 spiro atoms. The standard InChI is InChI=1S/C16H22N2O4/c1-5-21-16(20)12(3)13(4)17-18-15(19)10-22-14-9-7-6-8-11(14)2/h6-9,12H,5,10H2,1-4H3,(H,18,19)/b17-13+/t12-/m0/s1. The van der Waals surface area contributed by atoms with E-state index in [9.17, 15) is 9.59 Å². The van der Waals surface area contributed by atoms with Gasteiger partial charge in [-0.25, -0.2) is 5.43 Å². The summed E-state index contributed by atoms with van der Waals surface area (Å²) in [5.74, 6) is -0.608. The first-order valence-corrected chi connectivity index (χ1v) is 7.13. The molecule has 0 heterocycles. The van der Waals surface area contributed by atoms with Crippen LogP contribution in [0.5, 0.6) is 5.75 Å². The molecule has 0 bridgehead atoms. The summed E-state index contributed by atoms with van der Waals surface area (Å²) < 4.78 is 10.3. The first-order chi connectivity index (χ1) is 10.5. The number of hydrazone groups is 1. The summed E-state index contributed by atoms with van der Waals surface area (Å²) in [7, 11) is 0. The zero-order valence-electron chi connectivity index (χ0n) is 13.4. The summed E-state index contributed by atoms with van der Waals surface area (Å²) in [6, 6.07) is 7.42. The molecule has 0 saturated carbocycles. The van der Waals surface area contributed by atoms with Gasteiger partial charge in [0.15, 0.2) is 6.61 Å². The number of amides is 1. The smallest absolute Gasteiger partial charge is 0.314 e. The van der Waals surface area contributed by atoms with Crippen LogP contribution in [-0.4, -0.2) is 30.8 Å². The van der Waals surface area contributed by atoms with Gasteiger partial charge in [-0.2, -0.15) is 5.10 Å². The Morgan fingerprint density at radius 3 is 2.64 bits per heavy atom. The van der Waals surface area contributed by atoms with Crippen molar-refractivity contribution in [3.05, 3.63) is 29.8 Å². The molecule has 0 saturated heterocycles. The van der Waals surface area contributed by atoms with Crippen molar-refractivity contribution >= 4 is 17.6 Å². The fourth-order valence-corrected chi connectivity index (χ4v) is 1.58. The minimum Gasteiger partial charge on any atom is -0.483 e. The lowest BCUT2D eigenvalue weighted by Crippen LogP contribution is -2.28. The average Bonchev–Trinajstić information content (AvgIpc) is 2.51. The first kappa shape index (κ1) is 17.7. The number of carbonyl (C=O) groups excluding carboxylic acids is 2. The summed E-state index contributed by atoms with van der Waals surface area (Å²) in [6.45, 7) is 7.14. The van der Waals surface area contributed by atoms with Gasteiger partial charge in [-0.3, -0.25) is 9.59 Å². The van der Waals surface area contributed by atoms with Crippen LogP contribution < -0.4 is 10.2 Å². The predicted octanol–water partition coefficient (Wildman–Crippen LogP) is 2.07. The number of nitrogens with zero attached hydrogens (tertiary/aromatic N) is 1. The third kappa shape index (κ3) is 5.55. The van der Waals surface area contributed by atoms with E-state index in [4.69, 9.17) is 9.47 Å². The number of esters is 1. The van der Waals surface area contributed by atoms with Crippen LogP contribution >= 0.6 is 0 Å². The number of para-hydroxylation sites is 1. The largest absolute Gasteiger partial charge is 0.483 e. The van der Waals surface area contributed by atoms with Crippen LogP contribution in [-0.2, 0) is 14.3 Å². The quantitative estimate of drug-likeness (QED) is 0.475. The molecule has 0 fully saturated rings. The molecule has 6 heteroatoms. The normalized spacial score (nSPS) is 12.5. The molecule has 0 aliphatic heterocycles. The van der Waals surface area contributed by atoms with Crippen molar-refractivity contribution in [1.82, 2.24) is 5.43 Å². The summed E-state index contributed by atoms with van der Waals surface area (Å²) in [4.78, 5) is 23.2. The summed E-state index contributed by atoms with van der Waals surface area (Å²) >= 11 is 0. The lowest BCUT2D eigenvalue weighted by atomic mass is 10.1. The molecule has 120 valence electrons. The Hall–Kier alpha value is -2.37. The summed E-state index contributed by atoms with van der Waals surface area (Å²) in [6.07, 6.45) is 0. The Balaban J connectivity index is 2.46. The molecule has 1 N–H and O–H groups in total. The van der Waals surface area contributed by atoms with Gasteiger partial charge >= 0.3 is 5.97 Å². The number of hydrogen-bond acceptors (Lipinski definition) is 5. The molecule has 0 aromatic heterocycles. The van der Waals surface area contributed by atoms with E-state index >= 15 is 0 Å². The topological polar surface area (TPSA) is 77.0 Å². The first-order valence-electron chi connectivity index (χ1n) is 7.13. The second-order valence-corrected chi connectivity index (χ2v) is 4.82. The molecular weight excluding hydrogens is 284 g/mol. The highest BCUT2D eigenvalue weighted by molar-refractivity contribution is 6.00. The Morgan fingerprint density at radius 2 is 2.00 bits per heavy atom. The van der Waals surface area contributed by atoms with Crippen molar-refractivity contribution in [2.45, 2.75) is 27.7 Å². The minimum absolute atomic E-state index is 0.143. The van der Waals surface area contributed by atoms with E-state index in [0.29, 0.717) is 18.1 Å². The lowest BCUT2D eigenvalue weighted by Gasteiger charge is -2.11. The number of hydrogen-bond donors (Lipinski definition) is 1. The maximum atomic E-state index is 11.7. The van der Waals surface area contributed by atoms with Gasteiger partial charge in [0, 0.05) is 5.71 Å². The molecular formula is C16H22N2O4. The van der Waals surface area contributed by atoms with E-state index in [1.807, 2.05) is 25.1 Å². The van der Waals surface area contributed by atoms with Gasteiger partial charge in [-0.1, -0.05) is 18.2 Å². The van der Waals surface area contributed by atoms with Gasteiger partial charge in [-0.15, -0.1) is 0 Å². The number of rotatable bonds is 7. The Kier molecular flexibility index (Phi) is 7.08. The van der Waals surface area contributed by atoms with Crippen molar-refractivity contribution in [2.24, 2.45) is 11.0 Å². The van der Waals surface area contributed by atoms with Gasteiger partial charge in [0.2, 0.25) is 0 Å². The van der Waals surface area contributed by atoms with Crippen LogP contribution in [0.2, 0.25) is 0 Å². The Morgan fingerprint density at radius 1 is 1.32 bits per heavy atom.